The SMILES string of the molecule is C=CCN(Cc1cc(CNCCC)no1)C(C)(C)C. The molecule has 1 rings (SSSR count). The van der Waals surface area contributed by atoms with Gasteiger partial charge in [-0.2, -0.15) is 0 Å². The van der Waals surface area contributed by atoms with Gasteiger partial charge in [-0.3, -0.25) is 4.90 Å². The van der Waals surface area contributed by atoms with E-state index in [4.69, 9.17) is 4.52 Å². The average molecular weight is 265 g/mol. The summed E-state index contributed by atoms with van der Waals surface area (Å²) < 4.78 is 5.40. The number of hydrogen-bond acceptors (Lipinski definition) is 4. The summed E-state index contributed by atoms with van der Waals surface area (Å²) in [7, 11) is 0. The maximum absolute atomic E-state index is 5.40. The molecule has 1 aromatic heterocycles. The Morgan fingerprint density at radius 1 is 1.47 bits per heavy atom. The molecule has 1 aromatic rings. The predicted molar refractivity (Wildman–Crippen MR) is 78.9 cm³/mol. The van der Waals surface area contributed by atoms with E-state index in [9.17, 15) is 0 Å². The van der Waals surface area contributed by atoms with Gasteiger partial charge in [-0.15, -0.1) is 6.58 Å². The van der Waals surface area contributed by atoms with Crippen LogP contribution in [-0.4, -0.2) is 28.7 Å². The smallest absolute Gasteiger partial charge is 0.151 e. The Bertz CT molecular complexity index is 379. The van der Waals surface area contributed by atoms with Gasteiger partial charge in [0.25, 0.3) is 0 Å². The zero-order valence-electron chi connectivity index (χ0n) is 12.7. The van der Waals surface area contributed by atoms with Gasteiger partial charge in [0.05, 0.1) is 12.2 Å². The molecule has 0 amide bonds. The lowest BCUT2D eigenvalue weighted by molar-refractivity contribution is 0.130. The van der Waals surface area contributed by atoms with Crippen molar-refractivity contribution in [3.05, 3.63) is 30.2 Å². The predicted octanol–water partition coefficient (Wildman–Crippen LogP) is 2.96. The Balaban J connectivity index is 2.57. The summed E-state index contributed by atoms with van der Waals surface area (Å²) in [4.78, 5) is 2.31. The first-order valence-corrected chi connectivity index (χ1v) is 6.98. The molecule has 0 aliphatic carbocycles. The highest BCUT2D eigenvalue weighted by Gasteiger charge is 2.21. The molecule has 0 radical (unpaired) electrons. The second-order valence-corrected chi connectivity index (χ2v) is 5.80. The van der Waals surface area contributed by atoms with Crippen molar-refractivity contribution in [2.24, 2.45) is 0 Å². The van der Waals surface area contributed by atoms with Crippen molar-refractivity contribution in [1.82, 2.24) is 15.4 Å². The molecule has 0 saturated carbocycles. The van der Waals surface area contributed by atoms with E-state index in [0.29, 0.717) is 0 Å². The zero-order valence-corrected chi connectivity index (χ0v) is 12.7. The number of nitrogens with one attached hydrogen (secondary N) is 1. The fraction of sp³-hybridized carbons (Fsp3) is 0.667. The monoisotopic (exact) mass is 265 g/mol. The van der Waals surface area contributed by atoms with Crippen molar-refractivity contribution in [1.29, 1.82) is 0 Å². The third-order valence-corrected chi connectivity index (χ3v) is 2.99. The Morgan fingerprint density at radius 2 is 2.21 bits per heavy atom. The lowest BCUT2D eigenvalue weighted by atomic mass is 10.1. The molecule has 0 bridgehead atoms. The summed E-state index contributed by atoms with van der Waals surface area (Å²) in [6, 6.07) is 2.03. The first kappa shape index (κ1) is 15.9. The van der Waals surface area contributed by atoms with Crippen molar-refractivity contribution in [2.75, 3.05) is 13.1 Å². The van der Waals surface area contributed by atoms with Gasteiger partial charge in [-0.25, -0.2) is 0 Å². The standard InChI is InChI=1S/C15H27N3O/c1-6-8-16-11-13-10-14(19-17-13)12-18(9-7-2)15(3,4)5/h7,10,16H,2,6,8-9,11-12H2,1,3-5H3. The summed E-state index contributed by atoms with van der Waals surface area (Å²) in [5.74, 6) is 0.907. The highest BCUT2D eigenvalue weighted by atomic mass is 16.5. The highest BCUT2D eigenvalue weighted by Crippen LogP contribution is 2.17. The van der Waals surface area contributed by atoms with Crippen LogP contribution in [0.5, 0.6) is 0 Å². The van der Waals surface area contributed by atoms with E-state index in [1.807, 2.05) is 12.1 Å². The molecule has 0 unspecified atom stereocenters. The number of hydrogen-bond donors (Lipinski definition) is 1. The lowest BCUT2D eigenvalue weighted by Gasteiger charge is -2.33. The van der Waals surface area contributed by atoms with Crippen LogP contribution in [0.4, 0.5) is 0 Å². The molecule has 19 heavy (non-hydrogen) atoms. The molecule has 0 fully saturated rings. The van der Waals surface area contributed by atoms with Crippen LogP contribution in [0.3, 0.4) is 0 Å². The summed E-state index contributed by atoms with van der Waals surface area (Å²) in [5, 5.41) is 7.41. The third kappa shape index (κ3) is 5.57. The van der Waals surface area contributed by atoms with Gasteiger partial charge in [0.1, 0.15) is 0 Å². The van der Waals surface area contributed by atoms with E-state index < -0.39 is 0 Å². The van der Waals surface area contributed by atoms with Crippen molar-refractivity contribution in [3.8, 4) is 0 Å². The van der Waals surface area contributed by atoms with Crippen LogP contribution in [0, 0.1) is 0 Å². The largest absolute Gasteiger partial charge is 0.360 e. The lowest BCUT2D eigenvalue weighted by Crippen LogP contribution is -2.40. The van der Waals surface area contributed by atoms with Gasteiger partial charge < -0.3 is 9.84 Å². The van der Waals surface area contributed by atoms with Crippen LogP contribution in [0.25, 0.3) is 0 Å². The maximum Gasteiger partial charge on any atom is 0.151 e. The fourth-order valence-electron chi connectivity index (χ4n) is 1.83. The molecule has 0 spiro atoms. The second kappa shape index (κ2) is 7.46. The molecule has 0 aliphatic heterocycles. The Morgan fingerprint density at radius 3 is 2.79 bits per heavy atom. The fourth-order valence-corrected chi connectivity index (χ4v) is 1.83. The minimum Gasteiger partial charge on any atom is -0.360 e. The molecule has 0 aromatic carbocycles. The molecular weight excluding hydrogens is 238 g/mol. The van der Waals surface area contributed by atoms with Gasteiger partial charge >= 0.3 is 0 Å². The number of nitrogens with zero attached hydrogens (tertiary/aromatic N) is 2. The quantitative estimate of drug-likeness (QED) is 0.579. The molecule has 108 valence electrons. The van der Waals surface area contributed by atoms with Gasteiger partial charge in [-0.1, -0.05) is 18.2 Å². The van der Waals surface area contributed by atoms with Crippen LogP contribution in [0.15, 0.2) is 23.2 Å². The van der Waals surface area contributed by atoms with Crippen molar-refractivity contribution < 1.29 is 4.52 Å². The minimum absolute atomic E-state index is 0.0849. The van der Waals surface area contributed by atoms with Crippen molar-refractivity contribution in [3.63, 3.8) is 0 Å². The maximum atomic E-state index is 5.40. The minimum atomic E-state index is 0.0849. The van der Waals surface area contributed by atoms with Gasteiger partial charge in [0.15, 0.2) is 5.76 Å². The molecule has 0 saturated heterocycles. The van der Waals surface area contributed by atoms with Crippen molar-refractivity contribution >= 4 is 0 Å². The summed E-state index contributed by atoms with van der Waals surface area (Å²) >= 11 is 0. The van der Waals surface area contributed by atoms with Crippen LogP contribution in [0.1, 0.15) is 45.6 Å². The molecule has 4 heteroatoms. The highest BCUT2D eigenvalue weighted by molar-refractivity contribution is 5.06. The van der Waals surface area contributed by atoms with Crippen LogP contribution in [0.2, 0.25) is 0 Å². The summed E-state index contributed by atoms with van der Waals surface area (Å²) in [5.41, 5.74) is 1.05. The van der Waals surface area contributed by atoms with E-state index >= 15 is 0 Å². The van der Waals surface area contributed by atoms with E-state index in [0.717, 1.165) is 44.1 Å². The first-order chi connectivity index (χ1) is 8.97. The number of aromatic nitrogens is 1. The van der Waals surface area contributed by atoms with Gasteiger partial charge in [-0.05, 0) is 33.7 Å². The first-order valence-electron chi connectivity index (χ1n) is 6.98. The Labute approximate surface area is 116 Å². The van der Waals surface area contributed by atoms with E-state index in [-0.39, 0.29) is 5.54 Å². The summed E-state index contributed by atoms with van der Waals surface area (Å²) in [6.45, 7) is 15.9. The molecule has 0 aliphatic rings. The topological polar surface area (TPSA) is 41.3 Å². The normalized spacial score (nSPS) is 12.1. The Hall–Kier alpha value is -1.13. The van der Waals surface area contributed by atoms with E-state index in [2.05, 4.69) is 49.6 Å². The van der Waals surface area contributed by atoms with Crippen LogP contribution < -0.4 is 5.32 Å². The summed E-state index contributed by atoms with van der Waals surface area (Å²) in [6.07, 6.45) is 3.05. The van der Waals surface area contributed by atoms with Crippen LogP contribution in [-0.2, 0) is 13.1 Å². The molecule has 0 atom stereocenters. The van der Waals surface area contributed by atoms with Gasteiger partial charge in [0.2, 0.25) is 0 Å². The van der Waals surface area contributed by atoms with Gasteiger partial charge in [0, 0.05) is 24.7 Å². The average Bonchev–Trinajstić information content (AvgIpc) is 2.76. The molecule has 1 heterocycles. The molecule has 1 N–H and O–H groups in total. The zero-order chi connectivity index (χ0) is 14.3. The van der Waals surface area contributed by atoms with E-state index in [1.54, 1.807) is 0 Å². The van der Waals surface area contributed by atoms with Crippen LogP contribution >= 0.6 is 0 Å². The Kier molecular flexibility index (Phi) is 6.25. The number of rotatable bonds is 8. The third-order valence-electron chi connectivity index (χ3n) is 2.99. The van der Waals surface area contributed by atoms with Crippen molar-refractivity contribution in [2.45, 2.75) is 52.7 Å². The molecule has 4 nitrogen and oxygen atoms in total. The molecular formula is C15H27N3O. The second-order valence-electron chi connectivity index (χ2n) is 5.80. The van der Waals surface area contributed by atoms with E-state index in [1.165, 1.54) is 0 Å².